The van der Waals surface area contributed by atoms with Gasteiger partial charge in [0.1, 0.15) is 0 Å². The molecule has 2 aromatic heterocycles. The van der Waals surface area contributed by atoms with Crippen LogP contribution in [0.3, 0.4) is 0 Å². The number of nitrogens with zero attached hydrogens (tertiary/aromatic N) is 3. The average Bonchev–Trinajstić information content (AvgIpc) is 3.28. The molecule has 0 radical (unpaired) electrons. The van der Waals surface area contributed by atoms with E-state index in [4.69, 9.17) is 4.42 Å². The first-order valence-corrected chi connectivity index (χ1v) is 8.64. The summed E-state index contributed by atoms with van der Waals surface area (Å²) >= 11 is 0. The molecule has 0 spiro atoms. The molecule has 0 fully saturated rings. The minimum absolute atomic E-state index is 0.147. The van der Waals surface area contributed by atoms with Crippen molar-refractivity contribution in [2.24, 2.45) is 0 Å². The summed E-state index contributed by atoms with van der Waals surface area (Å²) in [6.07, 6.45) is 3.76. The summed E-state index contributed by atoms with van der Waals surface area (Å²) in [5, 5.41) is 6.91. The zero-order valence-electron chi connectivity index (χ0n) is 14.9. The Balaban J connectivity index is 1.58. The molecule has 6 nitrogen and oxygen atoms in total. The third kappa shape index (κ3) is 5.22. The third-order valence-corrected chi connectivity index (χ3v) is 3.95. The normalized spacial score (nSPS) is 11.5. The average molecular weight is 374 g/mol. The smallest absolute Gasteiger partial charge is 0.279 e. The SMILES string of the molecule is CC(F)(F)CCCCn1ccc(NC(=O)c2ncoc2-c2ccccc2)n1. The number of halogens is 2. The number of amides is 1. The molecule has 0 unspecified atom stereocenters. The van der Waals surface area contributed by atoms with Crippen LogP contribution < -0.4 is 5.32 Å². The number of aromatic nitrogens is 3. The number of benzene rings is 1. The Labute approximate surface area is 155 Å². The number of carbonyl (C=O) groups excluding carboxylic acids is 1. The zero-order valence-corrected chi connectivity index (χ0v) is 14.9. The first kappa shape index (κ1) is 18.8. The number of rotatable bonds is 8. The number of oxazole rings is 1. The lowest BCUT2D eigenvalue weighted by Gasteiger charge is -2.09. The highest BCUT2D eigenvalue weighted by molar-refractivity contribution is 6.05. The summed E-state index contributed by atoms with van der Waals surface area (Å²) in [4.78, 5) is 16.5. The van der Waals surface area contributed by atoms with E-state index < -0.39 is 11.8 Å². The summed E-state index contributed by atoms with van der Waals surface area (Å²) in [5.74, 6) is -2.33. The highest BCUT2D eigenvalue weighted by atomic mass is 19.3. The Morgan fingerprint density at radius 3 is 2.74 bits per heavy atom. The van der Waals surface area contributed by atoms with Crippen LogP contribution in [-0.2, 0) is 6.54 Å². The van der Waals surface area contributed by atoms with Crippen molar-refractivity contribution < 1.29 is 18.0 Å². The molecule has 27 heavy (non-hydrogen) atoms. The summed E-state index contributed by atoms with van der Waals surface area (Å²) in [6, 6.07) is 10.9. The van der Waals surface area contributed by atoms with E-state index in [0.29, 0.717) is 31.0 Å². The molecular weight excluding hydrogens is 354 g/mol. The van der Waals surface area contributed by atoms with Gasteiger partial charge in [-0.25, -0.2) is 13.8 Å². The molecular formula is C19H20F2N4O2. The van der Waals surface area contributed by atoms with Gasteiger partial charge in [-0.3, -0.25) is 9.48 Å². The van der Waals surface area contributed by atoms with Crippen LogP contribution in [0.2, 0.25) is 0 Å². The van der Waals surface area contributed by atoms with E-state index in [0.717, 1.165) is 12.5 Å². The van der Waals surface area contributed by atoms with Gasteiger partial charge in [-0.2, -0.15) is 5.10 Å². The fraction of sp³-hybridized carbons (Fsp3) is 0.316. The van der Waals surface area contributed by atoms with Gasteiger partial charge in [-0.05, 0) is 19.8 Å². The summed E-state index contributed by atoms with van der Waals surface area (Å²) in [5.41, 5.74) is 0.916. The van der Waals surface area contributed by atoms with Crippen molar-refractivity contribution in [3.63, 3.8) is 0 Å². The van der Waals surface area contributed by atoms with Gasteiger partial charge in [0.2, 0.25) is 5.92 Å². The van der Waals surface area contributed by atoms with E-state index in [1.165, 1.54) is 6.39 Å². The predicted octanol–water partition coefficient (Wildman–Crippen LogP) is 4.62. The van der Waals surface area contributed by atoms with Crippen LogP contribution in [0.4, 0.5) is 14.6 Å². The van der Waals surface area contributed by atoms with Gasteiger partial charge < -0.3 is 9.73 Å². The van der Waals surface area contributed by atoms with E-state index in [1.54, 1.807) is 16.9 Å². The lowest BCUT2D eigenvalue weighted by molar-refractivity contribution is 0.0102. The van der Waals surface area contributed by atoms with Gasteiger partial charge in [0.25, 0.3) is 5.91 Å². The predicted molar refractivity (Wildman–Crippen MR) is 96.6 cm³/mol. The first-order chi connectivity index (χ1) is 12.9. The zero-order chi connectivity index (χ0) is 19.3. The van der Waals surface area contributed by atoms with Crippen molar-refractivity contribution in [2.75, 3.05) is 5.32 Å². The number of nitrogens with one attached hydrogen (secondary N) is 1. The van der Waals surface area contributed by atoms with Gasteiger partial charge in [0.05, 0.1) is 0 Å². The highest BCUT2D eigenvalue weighted by Gasteiger charge is 2.20. The number of carbonyl (C=O) groups is 1. The fourth-order valence-electron chi connectivity index (χ4n) is 2.64. The topological polar surface area (TPSA) is 73.0 Å². The lowest BCUT2D eigenvalue weighted by atomic mass is 10.1. The molecule has 0 saturated heterocycles. The van der Waals surface area contributed by atoms with Crippen LogP contribution >= 0.6 is 0 Å². The second kappa shape index (κ2) is 8.11. The molecule has 0 aliphatic carbocycles. The third-order valence-electron chi connectivity index (χ3n) is 3.95. The molecule has 0 saturated carbocycles. The van der Waals surface area contributed by atoms with Crippen molar-refractivity contribution in [1.29, 1.82) is 0 Å². The number of hydrogen-bond acceptors (Lipinski definition) is 4. The minimum atomic E-state index is -2.64. The number of hydrogen-bond donors (Lipinski definition) is 1. The van der Waals surface area contributed by atoms with Crippen molar-refractivity contribution in [3.8, 4) is 11.3 Å². The van der Waals surface area contributed by atoms with E-state index >= 15 is 0 Å². The van der Waals surface area contributed by atoms with Crippen LogP contribution in [0.25, 0.3) is 11.3 Å². The molecule has 0 bridgehead atoms. The Bertz CT molecular complexity index is 885. The Morgan fingerprint density at radius 1 is 1.22 bits per heavy atom. The van der Waals surface area contributed by atoms with E-state index in [1.807, 2.05) is 30.3 Å². The molecule has 142 valence electrons. The Hall–Kier alpha value is -3.03. The highest BCUT2D eigenvalue weighted by Crippen LogP contribution is 2.23. The second-order valence-electron chi connectivity index (χ2n) is 6.34. The van der Waals surface area contributed by atoms with Crippen LogP contribution in [-0.4, -0.2) is 26.6 Å². The molecule has 0 aliphatic rings. The largest absolute Gasteiger partial charge is 0.443 e. The lowest BCUT2D eigenvalue weighted by Crippen LogP contribution is -2.14. The molecule has 1 N–H and O–H groups in total. The molecule has 3 rings (SSSR count). The summed E-state index contributed by atoms with van der Waals surface area (Å²) < 4.78 is 32.6. The van der Waals surface area contributed by atoms with Crippen LogP contribution in [0, 0.1) is 0 Å². The first-order valence-electron chi connectivity index (χ1n) is 8.64. The molecule has 1 aromatic carbocycles. The van der Waals surface area contributed by atoms with Crippen LogP contribution in [0.15, 0.2) is 53.4 Å². The number of anilines is 1. The minimum Gasteiger partial charge on any atom is -0.443 e. The number of unbranched alkanes of at least 4 members (excludes halogenated alkanes) is 1. The molecule has 3 aromatic rings. The summed E-state index contributed by atoms with van der Waals surface area (Å²) in [7, 11) is 0. The second-order valence-corrected chi connectivity index (χ2v) is 6.34. The standard InChI is InChI=1S/C19H20F2N4O2/c1-19(20,21)10-5-6-11-25-12-9-15(24-25)23-18(26)16-17(27-13-22-16)14-7-3-2-4-8-14/h2-4,7-9,12-13H,5-6,10-11H2,1H3,(H,23,24,26). The number of alkyl halides is 2. The Kier molecular flexibility index (Phi) is 5.63. The van der Waals surface area contributed by atoms with Crippen molar-refractivity contribution in [3.05, 3.63) is 54.7 Å². The van der Waals surface area contributed by atoms with Gasteiger partial charge in [-0.1, -0.05) is 30.3 Å². The van der Waals surface area contributed by atoms with Crippen molar-refractivity contribution in [1.82, 2.24) is 14.8 Å². The fourth-order valence-corrected chi connectivity index (χ4v) is 2.64. The van der Waals surface area contributed by atoms with E-state index in [9.17, 15) is 13.6 Å². The van der Waals surface area contributed by atoms with Crippen molar-refractivity contribution in [2.45, 2.75) is 38.7 Å². The maximum atomic E-state index is 12.8. The molecule has 1 amide bonds. The maximum absolute atomic E-state index is 12.8. The molecule has 2 heterocycles. The van der Waals surface area contributed by atoms with Gasteiger partial charge >= 0.3 is 0 Å². The van der Waals surface area contributed by atoms with E-state index in [2.05, 4.69) is 15.4 Å². The monoisotopic (exact) mass is 374 g/mol. The quantitative estimate of drug-likeness (QED) is 0.584. The Morgan fingerprint density at radius 2 is 2.00 bits per heavy atom. The maximum Gasteiger partial charge on any atom is 0.279 e. The van der Waals surface area contributed by atoms with Gasteiger partial charge in [-0.15, -0.1) is 0 Å². The van der Waals surface area contributed by atoms with E-state index in [-0.39, 0.29) is 12.1 Å². The number of aryl methyl sites for hydroxylation is 1. The van der Waals surface area contributed by atoms with Crippen LogP contribution in [0.5, 0.6) is 0 Å². The van der Waals surface area contributed by atoms with Crippen LogP contribution in [0.1, 0.15) is 36.7 Å². The molecule has 0 atom stereocenters. The molecule has 0 aliphatic heterocycles. The van der Waals surface area contributed by atoms with Gasteiger partial charge in [0.15, 0.2) is 23.7 Å². The molecule has 8 heteroatoms. The van der Waals surface area contributed by atoms with Gasteiger partial charge in [0, 0.05) is 30.8 Å². The summed E-state index contributed by atoms with van der Waals surface area (Å²) in [6.45, 7) is 1.42. The van der Waals surface area contributed by atoms with Crippen molar-refractivity contribution >= 4 is 11.7 Å².